The molecule has 0 amide bonds. The van der Waals surface area contributed by atoms with Gasteiger partial charge in [-0.25, -0.2) is 0 Å². The third-order valence-corrected chi connectivity index (χ3v) is 4.23. The number of rotatable bonds is 6. The maximum atomic E-state index is 9.41. The van der Waals surface area contributed by atoms with Crippen LogP contribution >= 0.6 is 11.8 Å². The number of nitriles is 1. The maximum absolute atomic E-state index is 9.41. The predicted molar refractivity (Wildman–Crippen MR) is 80.3 cm³/mol. The minimum absolute atomic E-state index is 0.499. The molecule has 0 saturated carbocycles. The lowest BCUT2D eigenvalue weighted by atomic mass is 10.1. The summed E-state index contributed by atoms with van der Waals surface area (Å²) in [5.41, 5.74) is 1.88. The molecule has 0 spiro atoms. The van der Waals surface area contributed by atoms with Gasteiger partial charge in [0.1, 0.15) is 6.07 Å². The molecule has 0 aliphatic heterocycles. The molecule has 1 aromatic carbocycles. The van der Waals surface area contributed by atoms with Crippen LogP contribution in [0.3, 0.4) is 0 Å². The summed E-state index contributed by atoms with van der Waals surface area (Å²) in [6.45, 7) is 6.51. The first-order valence-electron chi connectivity index (χ1n) is 6.58. The minimum Gasteiger partial charge on any atom is -0.371 e. The van der Waals surface area contributed by atoms with Crippen molar-refractivity contribution < 1.29 is 0 Å². The van der Waals surface area contributed by atoms with E-state index in [1.165, 1.54) is 0 Å². The Morgan fingerprint density at radius 2 is 1.94 bits per heavy atom. The van der Waals surface area contributed by atoms with E-state index in [9.17, 15) is 5.26 Å². The van der Waals surface area contributed by atoms with E-state index in [0.717, 1.165) is 34.7 Å². The topological polar surface area (TPSA) is 27.0 Å². The quantitative estimate of drug-likeness (QED) is 0.715. The van der Waals surface area contributed by atoms with Gasteiger partial charge in [0.05, 0.1) is 11.3 Å². The number of thioether (sulfide) groups is 1. The van der Waals surface area contributed by atoms with Crippen LogP contribution < -0.4 is 4.90 Å². The number of anilines is 1. The van der Waals surface area contributed by atoms with Gasteiger partial charge in [-0.1, -0.05) is 26.8 Å². The molecule has 0 radical (unpaired) electrons. The highest BCUT2D eigenvalue weighted by Gasteiger charge is 2.16. The second kappa shape index (κ2) is 7.33. The van der Waals surface area contributed by atoms with Crippen molar-refractivity contribution in [2.75, 3.05) is 17.7 Å². The minimum atomic E-state index is 0.499. The van der Waals surface area contributed by atoms with Gasteiger partial charge in [0.2, 0.25) is 0 Å². The first kappa shape index (κ1) is 14.9. The Hall–Kier alpha value is -1.14. The van der Waals surface area contributed by atoms with Crippen LogP contribution in [0.5, 0.6) is 0 Å². The lowest BCUT2D eigenvalue weighted by Crippen LogP contribution is -2.31. The van der Waals surface area contributed by atoms with Gasteiger partial charge in [0.25, 0.3) is 0 Å². The molecule has 0 atom stereocenters. The predicted octanol–water partition coefficient (Wildman–Crippen LogP) is 4.30. The summed E-state index contributed by atoms with van der Waals surface area (Å²) in [6, 6.07) is 9.01. The van der Waals surface area contributed by atoms with Crippen molar-refractivity contribution in [1.82, 2.24) is 0 Å². The van der Waals surface area contributed by atoms with Crippen LogP contribution in [0, 0.1) is 11.3 Å². The Morgan fingerprint density at radius 1 is 1.28 bits per heavy atom. The van der Waals surface area contributed by atoms with Crippen molar-refractivity contribution in [3.63, 3.8) is 0 Å². The van der Waals surface area contributed by atoms with E-state index in [4.69, 9.17) is 0 Å². The van der Waals surface area contributed by atoms with E-state index in [1.807, 2.05) is 12.1 Å². The largest absolute Gasteiger partial charge is 0.371 e. The summed E-state index contributed by atoms with van der Waals surface area (Å²) in [5.74, 6) is 0.993. The van der Waals surface area contributed by atoms with Crippen molar-refractivity contribution in [2.45, 2.75) is 44.6 Å². The molecule has 0 heterocycles. The van der Waals surface area contributed by atoms with Crippen molar-refractivity contribution >= 4 is 17.4 Å². The average molecular weight is 262 g/mol. The van der Waals surface area contributed by atoms with Gasteiger partial charge in [-0.15, -0.1) is 11.8 Å². The van der Waals surface area contributed by atoms with Crippen LogP contribution in [0.15, 0.2) is 23.1 Å². The van der Waals surface area contributed by atoms with E-state index < -0.39 is 0 Å². The molecule has 18 heavy (non-hydrogen) atoms. The molecule has 0 fully saturated rings. The molecule has 0 aliphatic carbocycles. The molecule has 0 aliphatic rings. The van der Waals surface area contributed by atoms with Crippen molar-refractivity contribution in [2.24, 2.45) is 0 Å². The fraction of sp³-hybridized carbons (Fsp3) is 0.533. The number of nitrogens with zero attached hydrogens (tertiary/aromatic N) is 2. The Labute approximate surface area is 115 Å². The molecule has 1 aromatic rings. The lowest BCUT2D eigenvalue weighted by molar-refractivity contribution is 0.591. The standard InChI is InChI=1S/C15H22N2S/c1-5-12(6-2)17(4)14-9-8-10-15(18-7-3)13(14)11-16/h8-10,12H,5-7H2,1-4H3. The van der Waals surface area contributed by atoms with E-state index in [-0.39, 0.29) is 0 Å². The van der Waals surface area contributed by atoms with E-state index in [2.05, 4.69) is 44.9 Å². The van der Waals surface area contributed by atoms with Crippen LogP contribution in [-0.4, -0.2) is 18.8 Å². The molecule has 0 saturated heterocycles. The van der Waals surface area contributed by atoms with Crippen LogP contribution in [-0.2, 0) is 0 Å². The van der Waals surface area contributed by atoms with E-state index in [1.54, 1.807) is 11.8 Å². The SMILES string of the molecule is CCSc1cccc(N(C)C(CC)CC)c1C#N. The highest BCUT2D eigenvalue weighted by atomic mass is 32.2. The molecule has 0 N–H and O–H groups in total. The third-order valence-electron chi connectivity index (χ3n) is 3.29. The normalized spacial score (nSPS) is 10.4. The highest BCUT2D eigenvalue weighted by Crippen LogP contribution is 2.31. The molecule has 0 aromatic heterocycles. The monoisotopic (exact) mass is 262 g/mol. The molecular formula is C15H22N2S. The molecule has 0 bridgehead atoms. The Morgan fingerprint density at radius 3 is 2.44 bits per heavy atom. The molecule has 0 unspecified atom stereocenters. The maximum Gasteiger partial charge on any atom is 0.103 e. The van der Waals surface area contributed by atoms with Gasteiger partial charge in [-0.3, -0.25) is 0 Å². The van der Waals surface area contributed by atoms with Gasteiger partial charge in [-0.2, -0.15) is 5.26 Å². The Bertz CT molecular complexity index is 419. The summed E-state index contributed by atoms with van der Waals surface area (Å²) < 4.78 is 0. The lowest BCUT2D eigenvalue weighted by Gasteiger charge is -2.29. The fourth-order valence-corrected chi connectivity index (χ4v) is 3.02. The zero-order valence-corrected chi connectivity index (χ0v) is 12.5. The summed E-state index contributed by atoms with van der Waals surface area (Å²) in [4.78, 5) is 3.34. The molecule has 1 rings (SSSR count). The summed E-state index contributed by atoms with van der Waals surface area (Å²) in [7, 11) is 2.09. The van der Waals surface area contributed by atoms with Gasteiger partial charge >= 0.3 is 0 Å². The van der Waals surface area contributed by atoms with Gasteiger partial charge in [-0.05, 0) is 30.7 Å². The molecule has 2 nitrogen and oxygen atoms in total. The first-order chi connectivity index (χ1) is 8.69. The van der Waals surface area contributed by atoms with Crippen LogP contribution in [0.25, 0.3) is 0 Å². The second-order valence-corrected chi connectivity index (χ2v) is 5.58. The highest BCUT2D eigenvalue weighted by molar-refractivity contribution is 7.99. The Kier molecular flexibility index (Phi) is 6.07. The first-order valence-corrected chi connectivity index (χ1v) is 7.56. The van der Waals surface area contributed by atoms with Crippen LogP contribution in [0.1, 0.15) is 39.2 Å². The van der Waals surface area contributed by atoms with E-state index >= 15 is 0 Å². The van der Waals surface area contributed by atoms with Gasteiger partial charge in [0, 0.05) is 18.0 Å². The van der Waals surface area contributed by atoms with Crippen molar-refractivity contribution in [3.05, 3.63) is 23.8 Å². The van der Waals surface area contributed by atoms with Gasteiger partial charge < -0.3 is 4.90 Å². The zero-order valence-electron chi connectivity index (χ0n) is 11.7. The number of benzene rings is 1. The number of hydrogen-bond donors (Lipinski definition) is 0. The summed E-state index contributed by atoms with van der Waals surface area (Å²) in [5, 5.41) is 9.41. The smallest absolute Gasteiger partial charge is 0.103 e. The van der Waals surface area contributed by atoms with E-state index in [0.29, 0.717) is 6.04 Å². The van der Waals surface area contributed by atoms with Crippen molar-refractivity contribution in [1.29, 1.82) is 5.26 Å². The van der Waals surface area contributed by atoms with Crippen molar-refractivity contribution in [3.8, 4) is 6.07 Å². The number of hydrogen-bond acceptors (Lipinski definition) is 3. The third kappa shape index (κ3) is 3.20. The Balaban J connectivity index is 3.16. The molecular weight excluding hydrogens is 240 g/mol. The summed E-state index contributed by atoms with van der Waals surface area (Å²) >= 11 is 1.74. The molecule has 3 heteroatoms. The molecule has 98 valence electrons. The zero-order chi connectivity index (χ0) is 13.5. The van der Waals surface area contributed by atoms with Crippen LogP contribution in [0.4, 0.5) is 5.69 Å². The average Bonchev–Trinajstić information content (AvgIpc) is 2.40. The second-order valence-electron chi connectivity index (χ2n) is 4.28. The fourth-order valence-electron chi connectivity index (χ4n) is 2.23. The van der Waals surface area contributed by atoms with Gasteiger partial charge in [0.15, 0.2) is 0 Å². The van der Waals surface area contributed by atoms with Crippen LogP contribution in [0.2, 0.25) is 0 Å². The summed E-state index contributed by atoms with van der Waals surface area (Å²) in [6.07, 6.45) is 2.20.